The Morgan fingerprint density at radius 3 is 1.85 bits per heavy atom. The van der Waals surface area contributed by atoms with E-state index >= 15 is 0 Å². The molecular formula is C22H42N3O+. The summed E-state index contributed by atoms with van der Waals surface area (Å²) in [5, 5.41) is 11.9. The highest BCUT2D eigenvalue weighted by Crippen LogP contribution is 2.13. The molecule has 0 aliphatic heterocycles. The third-order valence-electron chi connectivity index (χ3n) is 5.10. The Hall–Kier alpha value is -1.32. The van der Waals surface area contributed by atoms with Gasteiger partial charge in [-0.1, -0.05) is 89.1 Å². The maximum absolute atomic E-state index is 8.71. The number of hydrogen-bond donors (Lipinski definition) is 1. The molecule has 0 bridgehead atoms. The van der Waals surface area contributed by atoms with Crippen LogP contribution in [0.4, 0.5) is 0 Å². The van der Waals surface area contributed by atoms with Crippen molar-refractivity contribution >= 4 is 5.71 Å². The van der Waals surface area contributed by atoms with Crippen LogP contribution in [0.15, 0.2) is 23.9 Å². The Kier molecular flexibility index (Phi) is 13.9. The first-order valence-corrected chi connectivity index (χ1v) is 11.0. The zero-order valence-corrected chi connectivity index (χ0v) is 17.3. The van der Waals surface area contributed by atoms with Gasteiger partial charge in [0.05, 0.1) is 12.3 Å². The minimum Gasteiger partial charge on any atom is -0.411 e. The Labute approximate surface area is 161 Å². The third kappa shape index (κ3) is 12.1. The summed E-state index contributed by atoms with van der Waals surface area (Å²) in [6.07, 6.45) is 25.9. The number of aromatic nitrogens is 2. The summed E-state index contributed by atoms with van der Waals surface area (Å²) in [7, 11) is 0. The van der Waals surface area contributed by atoms with E-state index in [-0.39, 0.29) is 0 Å². The van der Waals surface area contributed by atoms with E-state index in [9.17, 15) is 0 Å². The molecule has 0 atom stereocenters. The number of aryl methyl sites for hydroxylation is 1. The van der Waals surface area contributed by atoms with Gasteiger partial charge in [-0.25, -0.2) is 9.13 Å². The topological polar surface area (TPSA) is 41.4 Å². The first-order valence-electron chi connectivity index (χ1n) is 11.0. The predicted molar refractivity (Wildman–Crippen MR) is 110 cm³/mol. The van der Waals surface area contributed by atoms with Crippen molar-refractivity contribution in [3.8, 4) is 0 Å². The fourth-order valence-corrected chi connectivity index (χ4v) is 3.45. The monoisotopic (exact) mass is 364 g/mol. The van der Waals surface area contributed by atoms with Crippen LogP contribution in [-0.4, -0.2) is 15.5 Å². The van der Waals surface area contributed by atoms with Crippen LogP contribution in [0.1, 0.15) is 104 Å². The van der Waals surface area contributed by atoms with Gasteiger partial charge in [0.1, 0.15) is 18.9 Å². The molecule has 0 unspecified atom stereocenters. The number of rotatable bonds is 17. The second kappa shape index (κ2) is 15.9. The fourth-order valence-electron chi connectivity index (χ4n) is 3.45. The van der Waals surface area contributed by atoms with Gasteiger partial charge in [-0.3, -0.25) is 0 Å². The summed E-state index contributed by atoms with van der Waals surface area (Å²) in [5.74, 6) is 0. The predicted octanol–water partition coefficient (Wildman–Crippen LogP) is 6.11. The van der Waals surface area contributed by atoms with Gasteiger partial charge in [0.2, 0.25) is 6.33 Å². The van der Waals surface area contributed by atoms with Gasteiger partial charge in [0.15, 0.2) is 0 Å². The van der Waals surface area contributed by atoms with Gasteiger partial charge in [-0.05, 0) is 19.8 Å². The van der Waals surface area contributed by atoms with Crippen LogP contribution in [0.25, 0.3) is 0 Å². The van der Waals surface area contributed by atoms with Gasteiger partial charge in [0.25, 0.3) is 0 Å². The lowest BCUT2D eigenvalue weighted by Gasteiger charge is -2.03. The van der Waals surface area contributed by atoms with Crippen LogP contribution in [0.3, 0.4) is 0 Å². The van der Waals surface area contributed by atoms with Gasteiger partial charge < -0.3 is 5.21 Å². The SMILES string of the molecule is CCCCCCCCCCCCCCCCn1cc[n+](C/C(C)=N/O)c1. The first-order chi connectivity index (χ1) is 12.8. The lowest BCUT2D eigenvalue weighted by Crippen LogP contribution is -2.34. The molecule has 0 radical (unpaired) electrons. The molecule has 1 heterocycles. The summed E-state index contributed by atoms with van der Waals surface area (Å²) in [4.78, 5) is 0. The molecule has 0 spiro atoms. The highest BCUT2D eigenvalue weighted by Gasteiger charge is 2.05. The summed E-state index contributed by atoms with van der Waals surface area (Å²) < 4.78 is 4.28. The molecule has 0 aliphatic carbocycles. The molecule has 4 nitrogen and oxygen atoms in total. The first kappa shape index (κ1) is 22.7. The van der Waals surface area contributed by atoms with Gasteiger partial charge in [-0.15, -0.1) is 0 Å². The summed E-state index contributed by atoms with van der Waals surface area (Å²) in [6.45, 7) is 5.85. The molecule has 150 valence electrons. The molecule has 0 saturated carbocycles. The van der Waals surface area contributed by atoms with E-state index in [1.807, 2.05) is 13.1 Å². The quantitative estimate of drug-likeness (QED) is 0.117. The Morgan fingerprint density at radius 2 is 1.35 bits per heavy atom. The summed E-state index contributed by atoms with van der Waals surface area (Å²) in [6, 6.07) is 0. The van der Waals surface area contributed by atoms with E-state index in [2.05, 4.69) is 33.7 Å². The molecular weight excluding hydrogens is 322 g/mol. The maximum Gasteiger partial charge on any atom is 0.244 e. The molecule has 26 heavy (non-hydrogen) atoms. The molecule has 0 saturated heterocycles. The summed E-state index contributed by atoms with van der Waals surface area (Å²) >= 11 is 0. The molecule has 0 fully saturated rings. The van der Waals surface area contributed by atoms with Gasteiger partial charge >= 0.3 is 0 Å². The molecule has 1 rings (SSSR count). The van der Waals surface area contributed by atoms with Gasteiger partial charge in [-0.2, -0.15) is 0 Å². The van der Waals surface area contributed by atoms with Crippen LogP contribution in [0.2, 0.25) is 0 Å². The molecule has 0 aromatic carbocycles. The second-order valence-corrected chi connectivity index (χ2v) is 7.76. The van der Waals surface area contributed by atoms with Crippen molar-refractivity contribution in [3.63, 3.8) is 0 Å². The number of oxime groups is 1. The average molecular weight is 365 g/mol. The van der Waals surface area contributed by atoms with Crippen molar-refractivity contribution in [1.82, 2.24) is 4.57 Å². The van der Waals surface area contributed by atoms with Crippen molar-refractivity contribution in [2.24, 2.45) is 5.16 Å². The lowest BCUT2D eigenvalue weighted by atomic mass is 10.0. The van der Waals surface area contributed by atoms with Crippen molar-refractivity contribution in [1.29, 1.82) is 0 Å². The normalized spacial score (nSPS) is 12.0. The van der Waals surface area contributed by atoms with Crippen LogP contribution in [-0.2, 0) is 13.1 Å². The Balaban J connectivity index is 1.86. The van der Waals surface area contributed by atoms with Gasteiger partial charge in [0, 0.05) is 0 Å². The van der Waals surface area contributed by atoms with E-state index in [0.717, 1.165) is 12.3 Å². The largest absolute Gasteiger partial charge is 0.411 e. The van der Waals surface area contributed by atoms with Crippen molar-refractivity contribution in [2.45, 2.75) is 117 Å². The zero-order chi connectivity index (χ0) is 18.9. The van der Waals surface area contributed by atoms with Crippen LogP contribution in [0.5, 0.6) is 0 Å². The van der Waals surface area contributed by atoms with Crippen molar-refractivity contribution in [2.75, 3.05) is 0 Å². The zero-order valence-electron chi connectivity index (χ0n) is 17.3. The molecule has 1 N–H and O–H groups in total. The van der Waals surface area contributed by atoms with E-state index in [4.69, 9.17) is 5.21 Å². The average Bonchev–Trinajstić information content (AvgIpc) is 3.09. The molecule has 1 aromatic rings. The highest BCUT2D eigenvalue weighted by atomic mass is 16.4. The fraction of sp³-hybridized carbons (Fsp3) is 0.818. The lowest BCUT2D eigenvalue weighted by molar-refractivity contribution is -0.681. The maximum atomic E-state index is 8.71. The third-order valence-corrected chi connectivity index (χ3v) is 5.10. The van der Waals surface area contributed by atoms with Crippen molar-refractivity contribution < 1.29 is 9.77 Å². The Bertz CT molecular complexity index is 468. The number of hydrogen-bond acceptors (Lipinski definition) is 2. The van der Waals surface area contributed by atoms with Crippen LogP contribution < -0.4 is 4.57 Å². The second-order valence-electron chi connectivity index (χ2n) is 7.76. The molecule has 4 heteroatoms. The number of nitrogens with zero attached hydrogens (tertiary/aromatic N) is 3. The Morgan fingerprint density at radius 1 is 0.846 bits per heavy atom. The minimum absolute atomic E-state index is 0.655. The molecule has 0 amide bonds. The van der Waals surface area contributed by atoms with Crippen LogP contribution in [0, 0.1) is 0 Å². The standard InChI is InChI=1S/C22H41N3O/c1-3-4-5-6-7-8-9-10-11-12-13-14-15-16-17-24-18-19-25(21-24)20-22(2)23-26/h18-19,21H,3-17,20H2,1-2H3/p+1/b23-22+. The van der Waals surface area contributed by atoms with E-state index in [1.54, 1.807) is 0 Å². The minimum atomic E-state index is 0.655. The molecule has 1 aromatic heterocycles. The molecule has 0 aliphatic rings. The van der Waals surface area contributed by atoms with Crippen molar-refractivity contribution in [3.05, 3.63) is 18.7 Å². The van der Waals surface area contributed by atoms with E-state index in [1.165, 1.54) is 89.9 Å². The number of imidazole rings is 1. The highest BCUT2D eigenvalue weighted by molar-refractivity contribution is 5.79. The summed E-state index contributed by atoms with van der Waals surface area (Å²) in [5.41, 5.74) is 0.726. The van der Waals surface area contributed by atoms with Crippen LogP contribution >= 0.6 is 0 Å². The van der Waals surface area contributed by atoms with E-state index < -0.39 is 0 Å². The van der Waals surface area contributed by atoms with E-state index in [0.29, 0.717) is 6.54 Å². The number of unbranched alkanes of at least 4 members (excludes halogenated alkanes) is 13. The smallest absolute Gasteiger partial charge is 0.244 e.